The summed E-state index contributed by atoms with van der Waals surface area (Å²) >= 11 is 0. The normalized spacial score (nSPS) is 16.7. The number of carbonyl (C=O) groups is 1. The van der Waals surface area contributed by atoms with Crippen molar-refractivity contribution in [2.45, 2.75) is 6.04 Å². The highest BCUT2D eigenvalue weighted by atomic mass is 32.2. The zero-order chi connectivity index (χ0) is 7.44. The maximum atomic E-state index is 10.3. The molecule has 0 radical (unpaired) electrons. The third-order valence-electron chi connectivity index (χ3n) is 0.731. The van der Waals surface area contributed by atoms with E-state index in [1.54, 1.807) is 0 Å². The van der Waals surface area contributed by atoms with Crippen LogP contribution in [-0.2, 0) is 15.6 Å². The fourth-order valence-electron chi connectivity index (χ4n) is 0.324. The fraction of sp³-hybridized carbons (Fsp3) is 0.750. The highest BCUT2D eigenvalue weighted by Crippen LogP contribution is 1.81. The van der Waals surface area contributed by atoms with Gasteiger partial charge in [-0.25, -0.2) is 0 Å². The summed E-state index contributed by atoms with van der Waals surface area (Å²) in [5.41, 5.74) is 5.02. The van der Waals surface area contributed by atoms with Crippen LogP contribution in [0.15, 0.2) is 0 Å². The van der Waals surface area contributed by atoms with Gasteiger partial charge < -0.3 is 10.8 Å². The van der Waals surface area contributed by atoms with E-state index in [4.69, 9.17) is 10.8 Å². The van der Waals surface area contributed by atoms with E-state index >= 15 is 0 Å². The van der Waals surface area contributed by atoms with Crippen LogP contribution in [0, 0.1) is 0 Å². The molecule has 0 unspecified atom stereocenters. The molecule has 0 spiro atoms. The molecule has 0 aliphatic carbocycles. The van der Waals surface area contributed by atoms with Crippen molar-refractivity contribution in [3.05, 3.63) is 0 Å². The largest absolute Gasteiger partial charge is 0.480 e. The Hall–Kier alpha value is -0.420. The molecular weight excluding hydrogens is 142 g/mol. The van der Waals surface area contributed by atoms with Crippen molar-refractivity contribution in [3.63, 3.8) is 0 Å². The molecule has 0 bridgehead atoms. The maximum absolute atomic E-state index is 10.3. The predicted molar refractivity (Wildman–Crippen MR) is 34.5 cm³/mol. The number of hydrogen-bond donors (Lipinski definition) is 2. The summed E-state index contributed by atoms with van der Waals surface area (Å²) < 4.78 is 10.3. The van der Waals surface area contributed by atoms with Gasteiger partial charge in [-0.05, 0) is 0 Å². The van der Waals surface area contributed by atoms with E-state index in [2.05, 4.69) is 0 Å². The summed E-state index contributed by atoms with van der Waals surface area (Å²) in [4.78, 5) is 9.98. The van der Waals surface area contributed by atoms with Gasteiger partial charge in [0.05, 0.1) is 0 Å². The second-order valence-corrected chi connectivity index (χ2v) is 3.16. The van der Waals surface area contributed by atoms with E-state index in [9.17, 15) is 9.00 Å². The second kappa shape index (κ2) is 3.58. The summed E-state index contributed by atoms with van der Waals surface area (Å²) in [5, 5.41) is 8.17. The first-order valence-electron chi connectivity index (χ1n) is 2.32. The molecule has 2 atom stereocenters. The molecule has 3 N–H and O–H groups in total. The number of rotatable bonds is 3. The summed E-state index contributed by atoms with van der Waals surface area (Å²) in [7, 11) is -1.12. The molecule has 0 amide bonds. The van der Waals surface area contributed by atoms with Crippen LogP contribution in [0.1, 0.15) is 0 Å². The lowest BCUT2D eigenvalue weighted by atomic mass is 10.4. The number of hydrogen-bond acceptors (Lipinski definition) is 3. The molecule has 0 saturated heterocycles. The van der Waals surface area contributed by atoms with E-state index in [0.29, 0.717) is 0 Å². The molecule has 0 heterocycles. The summed E-state index contributed by atoms with van der Waals surface area (Å²) in [6.07, 6.45) is 1.42. The van der Waals surface area contributed by atoms with Gasteiger partial charge in [-0.1, -0.05) is 0 Å². The third kappa shape index (κ3) is 4.11. The zero-order valence-corrected chi connectivity index (χ0v) is 5.85. The van der Waals surface area contributed by atoms with Crippen LogP contribution in [0.3, 0.4) is 0 Å². The standard InChI is InChI=1S/C4H9NO3S/c1-9(8)2-3(5)4(6)7/h3H,2,5H2,1H3,(H,6,7)/t3-,9+/m0/s1. The van der Waals surface area contributed by atoms with Crippen molar-refractivity contribution >= 4 is 16.8 Å². The molecule has 0 aliphatic heterocycles. The molecule has 0 aromatic carbocycles. The topological polar surface area (TPSA) is 80.4 Å². The fourth-order valence-corrected chi connectivity index (χ4v) is 0.972. The van der Waals surface area contributed by atoms with Gasteiger partial charge in [0, 0.05) is 22.8 Å². The molecule has 4 nitrogen and oxygen atoms in total. The molecular formula is C4H9NO3S. The average Bonchev–Trinajstić information content (AvgIpc) is 1.63. The molecule has 0 rings (SSSR count). The quantitative estimate of drug-likeness (QED) is 0.529. The Morgan fingerprint density at radius 1 is 1.89 bits per heavy atom. The average molecular weight is 151 g/mol. The number of carboxylic acid groups (broad SMARTS) is 1. The predicted octanol–water partition coefficient (Wildman–Crippen LogP) is -1.22. The Labute approximate surface area is 55.5 Å². The molecule has 0 aromatic rings. The number of carboxylic acids is 1. The Bertz CT molecular complexity index is 136. The lowest BCUT2D eigenvalue weighted by Crippen LogP contribution is -2.35. The Morgan fingerprint density at radius 3 is 2.44 bits per heavy atom. The van der Waals surface area contributed by atoms with Crippen molar-refractivity contribution in [2.24, 2.45) is 5.73 Å². The van der Waals surface area contributed by atoms with Crippen molar-refractivity contribution in [1.82, 2.24) is 0 Å². The summed E-state index contributed by atoms with van der Waals surface area (Å²) in [6, 6.07) is -0.990. The highest BCUT2D eigenvalue weighted by Gasteiger charge is 2.11. The van der Waals surface area contributed by atoms with Gasteiger partial charge >= 0.3 is 5.97 Å². The first kappa shape index (κ1) is 8.58. The van der Waals surface area contributed by atoms with Gasteiger partial charge in [0.15, 0.2) is 0 Å². The van der Waals surface area contributed by atoms with E-state index in [-0.39, 0.29) is 5.75 Å². The Kier molecular flexibility index (Phi) is 3.41. The number of nitrogens with two attached hydrogens (primary N) is 1. The SMILES string of the molecule is C[S@@](=O)C[C@H](N)C(=O)O. The second-order valence-electron chi connectivity index (χ2n) is 1.68. The lowest BCUT2D eigenvalue weighted by molar-refractivity contribution is -0.137. The van der Waals surface area contributed by atoms with Crippen molar-refractivity contribution < 1.29 is 14.1 Å². The van der Waals surface area contributed by atoms with Crippen LogP contribution >= 0.6 is 0 Å². The van der Waals surface area contributed by atoms with E-state index in [0.717, 1.165) is 0 Å². The van der Waals surface area contributed by atoms with E-state index in [1.807, 2.05) is 0 Å². The maximum Gasteiger partial charge on any atom is 0.321 e. The van der Waals surface area contributed by atoms with Gasteiger partial charge in [0.25, 0.3) is 0 Å². The molecule has 0 saturated carbocycles. The zero-order valence-electron chi connectivity index (χ0n) is 5.03. The van der Waals surface area contributed by atoms with Crippen molar-refractivity contribution in [2.75, 3.05) is 12.0 Å². The molecule has 5 heteroatoms. The van der Waals surface area contributed by atoms with Crippen LogP contribution < -0.4 is 5.73 Å². The minimum atomic E-state index is -1.12. The van der Waals surface area contributed by atoms with Crippen molar-refractivity contribution in [1.29, 1.82) is 0 Å². The van der Waals surface area contributed by atoms with Gasteiger partial charge in [-0.3, -0.25) is 9.00 Å². The lowest BCUT2D eigenvalue weighted by Gasteiger charge is -2.00. The molecule has 0 fully saturated rings. The monoisotopic (exact) mass is 151 g/mol. The van der Waals surface area contributed by atoms with Crippen LogP contribution in [-0.4, -0.2) is 33.3 Å². The van der Waals surface area contributed by atoms with Crippen LogP contribution in [0.2, 0.25) is 0 Å². The van der Waals surface area contributed by atoms with E-state index < -0.39 is 22.8 Å². The summed E-state index contributed by atoms with van der Waals surface area (Å²) in [6.45, 7) is 0. The highest BCUT2D eigenvalue weighted by molar-refractivity contribution is 7.84. The van der Waals surface area contributed by atoms with Crippen LogP contribution in [0.4, 0.5) is 0 Å². The Morgan fingerprint density at radius 2 is 2.33 bits per heavy atom. The minimum absolute atomic E-state index is 0.0231. The minimum Gasteiger partial charge on any atom is -0.480 e. The molecule has 54 valence electrons. The summed E-state index contributed by atoms with van der Waals surface area (Å²) in [5.74, 6) is -1.08. The Balaban J connectivity index is 3.63. The van der Waals surface area contributed by atoms with Gasteiger partial charge in [-0.2, -0.15) is 0 Å². The molecule has 9 heavy (non-hydrogen) atoms. The van der Waals surface area contributed by atoms with Gasteiger partial charge in [0.2, 0.25) is 0 Å². The smallest absolute Gasteiger partial charge is 0.321 e. The van der Waals surface area contributed by atoms with E-state index in [1.165, 1.54) is 6.26 Å². The van der Waals surface area contributed by atoms with Crippen LogP contribution in [0.5, 0.6) is 0 Å². The van der Waals surface area contributed by atoms with Crippen molar-refractivity contribution in [3.8, 4) is 0 Å². The van der Waals surface area contributed by atoms with Gasteiger partial charge in [-0.15, -0.1) is 0 Å². The molecule has 0 aromatic heterocycles. The first-order chi connectivity index (χ1) is 4.04. The number of aliphatic carboxylic acids is 1. The third-order valence-corrected chi connectivity index (χ3v) is 1.56. The van der Waals surface area contributed by atoms with Crippen LogP contribution in [0.25, 0.3) is 0 Å². The first-order valence-corrected chi connectivity index (χ1v) is 4.05. The molecule has 0 aliphatic rings. The van der Waals surface area contributed by atoms with Gasteiger partial charge in [0.1, 0.15) is 6.04 Å².